The number of hydrogen-bond acceptors (Lipinski definition) is 4. The molecule has 2 N–H and O–H groups in total. The molecule has 190 valence electrons. The van der Waals surface area contributed by atoms with Gasteiger partial charge in [0.25, 0.3) is 0 Å². The van der Waals surface area contributed by atoms with Crippen LogP contribution in [0.25, 0.3) is 22.6 Å². The average molecular weight is 481 g/mol. The Bertz CT molecular complexity index is 1090. The van der Waals surface area contributed by atoms with Gasteiger partial charge in [-0.3, -0.25) is 4.79 Å². The van der Waals surface area contributed by atoms with Gasteiger partial charge in [-0.15, -0.1) is 0 Å². The summed E-state index contributed by atoms with van der Waals surface area (Å²) in [7, 11) is 0. The van der Waals surface area contributed by atoms with Crippen molar-refractivity contribution < 1.29 is 23.8 Å². The van der Waals surface area contributed by atoms with Gasteiger partial charge in [-0.1, -0.05) is 51.0 Å². The predicted molar refractivity (Wildman–Crippen MR) is 139 cm³/mol. The fraction of sp³-hybridized carbons (Fsp3) is 0.500. The van der Waals surface area contributed by atoms with Crippen LogP contribution in [-0.4, -0.2) is 22.8 Å². The van der Waals surface area contributed by atoms with Crippen molar-refractivity contribution in [3.63, 3.8) is 0 Å². The Morgan fingerprint density at radius 2 is 1.23 bits per heavy atom. The average Bonchev–Trinajstić information content (AvgIpc) is 3.49. The molecule has 0 saturated heterocycles. The van der Waals surface area contributed by atoms with Crippen LogP contribution in [0.2, 0.25) is 0 Å². The lowest BCUT2D eigenvalue weighted by atomic mass is 9.87. The second-order valence-electron chi connectivity index (χ2n) is 11.0. The van der Waals surface area contributed by atoms with E-state index in [1.165, 1.54) is 0 Å². The van der Waals surface area contributed by atoms with Crippen LogP contribution in [0.15, 0.2) is 57.4 Å². The Morgan fingerprint density at radius 1 is 0.743 bits per heavy atom. The molecule has 0 amide bonds. The van der Waals surface area contributed by atoms with Crippen LogP contribution >= 0.6 is 0 Å². The van der Waals surface area contributed by atoms with Crippen LogP contribution in [0.4, 0.5) is 0 Å². The maximum absolute atomic E-state index is 11.3. The summed E-state index contributed by atoms with van der Waals surface area (Å²) in [5.74, 6) is 2.78. The molecule has 0 radical (unpaired) electrons. The van der Waals surface area contributed by atoms with E-state index >= 15 is 0 Å². The Hall–Kier alpha value is -2.79. The number of unbranched alkanes of at least 4 members (excludes halogenated alkanes) is 2. The number of carboxylic acid groups (broad SMARTS) is 1. The van der Waals surface area contributed by atoms with E-state index in [4.69, 9.17) is 8.83 Å². The number of aryl methyl sites for hydroxylation is 2. The Morgan fingerprint density at radius 3 is 1.69 bits per heavy atom. The summed E-state index contributed by atoms with van der Waals surface area (Å²) in [5.41, 5.74) is 1.29. The van der Waals surface area contributed by atoms with Crippen molar-refractivity contribution >= 4 is 5.97 Å². The maximum atomic E-state index is 11.3. The molecule has 2 heterocycles. The van der Waals surface area contributed by atoms with Crippen LogP contribution in [0.1, 0.15) is 77.7 Å². The van der Waals surface area contributed by atoms with E-state index in [9.17, 15) is 15.0 Å². The quantitative estimate of drug-likeness (QED) is 0.230. The van der Waals surface area contributed by atoms with Gasteiger partial charge >= 0.3 is 5.97 Å². The third kappa shape index (κ3) is 7.60. The van der Waals surface area contributed by atoms with Gasteiger partial charge in [0, 0.05) is 30.6 Å². The SMILES string of the molecule is CC(C)(CO)CCCCc1ccc(-c2ccccc2-c2ccc(CCCCC(C)(C)C(=O)O)o2)o1. The fourth-order valence-electron chi connectivity index (χ4n) is 4.18. The zero-order chi connectivity index (χ0) is 25.5. The lowest BCUT2D eigenvalue weighted by molar-refractivity contribution is -0.147. The van der Waals surface area contributed by atoms with Gasteiger partial charge in [0.05, 0.1) is 5.41 Å². The number of carboxylic acids is 1. The highest BCUT2D eigenvalue weighted by Crippen LogP contribution is 2.35. The first-order valence-electron chi connectivity index (χ1n) is 12.7. The Balaban J connectivity index is 1.60. The van der Waals surface area contributed by atoms with E-state index in [-0.39, 0.29) is 12.0 Å². The van der Waals surface area contributed by atoms with Gasteiger partial charge in [0.15, 0.2) is 0 Å². The molecule has 5 nitrogen and oxygen atoms in total. The molecule has 5 heteroatoms. The molecule has 0 unspecified atom stereocenters. The van der Waals surface area contributed by atoms with Crippen molar-refractivity contribution in [2.24, 2.45) is 10.8 Å². The van der Waals surface area contributed by atoms with Crippen LogP contribution < -0.4 is 0 Å². The third-order valence-corrected chi connectivity index (χ3v) is 6.79. The molecule has 0 aliphatic rings. The lowest BCUT2D eigenvalue weighted by Crippen LogP contribution is -2.23. The number of furan rings is 2. The van der Waals surface area contributed by atoms with E-state index in [0.717, 1.165) is 79.1 Å². The summed E-state index contributed by atoms with van der Waals surface area (Å²) in [6.07, 6.45) is 7.15. The van der Waals surface area contributed by atoms with Crippen molar-refractivity contribution in [1.82, 2.24) is 0 Å². The minimum atomic E-state index is -0.749. The zero-order valence-electron chi connectivity index (χ0n) is 21.6. The molecule has 0 aliphatic carbocycles. The Kier molecular flexibility index (Phi) is 9.01. The summed E-state index contributed by atoms with van der Waals surface area (Å²) in [6.45, 7) is 7.95. The highest BCUT2D eigenvalue weighted by Gasteiger charge is 2.26. The summed E-state index contributed by atoms with van der Waals surface area (Å²) in [4.78, 5) is 11.3. The molecule has 3 aromatic rings. The van der Waals surface area contributed by atoms with Crippen molar-refractivity contribution in [2.45, 2.75) is 79.1 Å². The van der Waals surface area contributed by atoms with E-state index in [0.29, 0.717) is 6.42 Å². The summed E-state index contributed by atoms with van der Waals surface area (Å²) >= 11 is 0. The standard InChI is InChI=1S/C30H40O5/c1-29(2,21-31)19-9-7-11-22-15-17-26(34-22)24-13-5-6-14-25(24)27-18-16-23(35-27)12-8-10-20-30(3,4)28(32)33/h5-6,13-18,31H,7-12,19-21H2,1-4H3,(H,32,33). The normalized spacial score (nSPS) is 12.3. The minimum Gasteiger partial charge on any atom is -0.481 e. The van der Waals surface area contributed by atoms with Crippen LogP contribution in [0, 0.1) is 10.8 Å². The predicted octanol–water partition coefficient (Wildman–Crippen LogP) is 7.76. The number of hydrogen-bond donors (Lipinski definition) is 2. The first-order chi connectivity index (χ1) is 16.6. The summed E-state index contributed by atoms with van der Waals surface area (Å²) in [5, 5.41) is 18.7. The monoisotopic (exact) mass is 480 g/mol. The minimum absolute atomic E-state index is 0.0236. The maximum Gasteiger partial charge on any atom is 0.309 e. The second-order valence-corrected chi connectivity index (χ2v) is 11.0. The summed E-state index contributed by atoms with van der Waals surface area (Å²) in [6, 6.07) is 16.2. The smallest absolute Gasteiger partial charge is 0.309 e. The zero-order valence-corrected chi connectivity index (χ0v) is 21.6. The lowest BCUT2D eigenvalue weighted by Gasteiger charge is -2.20. The largest absolute Gasteiger partial charge is 0.481 e. The third-order valence-electron chi connectivity index (χ3n) is 6.79. The molecule has 1 aromatic carbocycles. The van der Waals surface area contributed by atoms with Crippen molar-refractivity contribution in [3.05, 3.63) is 60.1 Å². The van der Waals surface area contributed by atoms with E-state index in [1.54, 1.807) is 13.8 Å². The fourth-order valence-corrected chi connectivity index (χ4v) is 4.18. The number of aliphatic hydroxyl groups excluding tert-OH is 1. The Labute approximate surface area is 209 Å². The van der Waals surface area contributed by atoms with Gasteiger partial charge < -0.3 is 19.0 Å². The number of benzene rings is 1. The molecule has 35 heavy (non-hydrogen) atoms. The molecule has 0 atom stereocenters. The number of aliphatic carboxylic acids is 1. The molecule has 2 aromatic heterocycles. The molecule has 0 fully saturated rings. The first kappa shape index (κ1) is 26.8. The number of carbonyl (C=O) groups is 1. The molecule has 0 spiro atoms. The number of rotatable bonds is 14. The summed E-state index contributed by atoms with van der Waals surface area (Å²) < 4.78 is 12.4. The molecular formula is C30H40O5. The molecule has 0 aliphatic heterocycles. The second kappa shape index (κ2) is 11.8. The van der Waals surface area contributed by atoms with Gasteiger partial charge in [0.2, 0.25) is 0 Å². The van der Waals surface area contributed by atoms with Gasteiger partial charge in [-0.25, -0.2) is 0 Å². The van der Waals surface area contributed by atoms with Crippen molar-refractivity contribution in [1.29, 1.82) is 0 Å². The molecule has 3 rings (SSSR count). The van der Waals surface area contributed by atoms with Crippen LogP contribution in [-0.2, 0) is 17.6 Å². The van der Waals surface area contributed by atoms with Gasteiger partial charge in [-0.2, -0.15) is 0 Å². The van der Waals surface area contributed by atoms with Gasteiger partial charge in [0.1, 0.15) is 23.0 Å². The topological polar surface area (TPSA) is 83.8 Å². The first-order valence-corrected chi connectivity index (χ1v) is 12.7. The van der Waals surface area contributed by atoms with E-state index in [2.05, 4.69) is 26.0 Å². The van der Waals surface area contributed by atoms with Crippen LogP contribution in [0.3, 0.4) is 0 Å². The van der Waals surface area contributed by atoms with E-state index in [1.807, 2.05) is 36.4 Å². The molecule has 0 saturated carbocycles. The molecule has 0 bridgehead atoms. The number of aliphatic hydroxyl groups is 1. The van der Waals surface area contributed by atoms with Crippen molar-refractivity contribution in [3.8, 4) is 22.6 Å². The highest BCUT2D eigenvalue weighted by molar-refractivity contribution is 5.78. The van der Waals surface area contributed by atoms with E-state index < -0.39 is 11.4 Å². The van der Waals surface area contributed by atoms with Crippen LogP contribution in [0.5, 0.6) is 0 Å². The van der Waals surface area contributed by atoms with Gasteiger partial charge in [-0.05, 0) is 69.2 Å². The van der Waals surface area contributed by atoms with Crippen molar-refractivity contribution in [2.75, 3.05) is 6.61 Å². The highest BCUT2D eigenvalue weighted by atomic mass is 16.4. The molecular weight excluding hydrogens is 440 g/mol.